The molecule has 2 atom stereocenters. The average molecular weight is 393 g/mol. The summed E-state index contributed by atoms with van der Waals surface area (Å²) in [4.78, 5) is 12.1. The number of benzene rings is 2. The normalized spacial score (nSPS) is 14.7. The Morgan fingerprint density at radius 2 is 1.72 bits per heavy atom. The van der Waals surface area contributed by atoms with Crippen LogP contribution in [-0.4, -0.2) is 45.3 Å². The maximum Gasteiger partial charge on any atom is 0.407 e. The smallest absolute Gasteiger partial charge is 0.407 e. The highest BCUT2D eigenvalue weighted by atomic mass is 16.5. The summed E-state index contributed by atoms with van der Waals surface area (Å²) in [7, 11) is 1.72. The van der Waals surface area contributed by atoms with Crippen molar-refractivity contribution in [3.63, 3.8) is 0 Å². The molecule has 0 bridgehead atoms. The van der Waals surface area contributed by atoms with Crippen molar-refractivity contribution in [2.45, 2.75) is 18.1 Å². The molecule has 0 saturated heterocycles. The number of nitrogens with one attached hydrogen (secondary N) is 1. The molecule has 1 amide bonds. The van der Waals surface area contributed by atoms with Gasteiger partial charge in [0.25, 0.3) is 0 Å². The lowest BCUT2D eigenvalue weighted by Gasteiger charge is -2.18. The molecule has 29 heavy (non-hydrogen) atoms. The first-order chi connectivity index (χ1) is 14.0. The number of hydrogen-bond acceptors (Lipinski definition) is 5. The molecule has 3 N–H and O–H groups in total. The molecule has 0 aliphatic heterocycles. The van der Waals surface area contributed by atoms with E-state index in [1.807, 2.05) is 36.4 Å². The van der Waals surface area contributed by atoms with E-state index in [4.69, 9.17) is 4.74 Å². The summed E-state index contributed by atoms with van der Waals surface area (Å²) in [5.74, 6) is -0.0304. The Hall–Kier alpha value is -3.16. The van der Waals surface area contributed by atoms with E-state index < -0.39 is 18.3 Å². The lowest BCUT2D eigenvalue weighted by molar-refractivity contribution is 0.0158. The van der Waals surface area contributed by atoms with Crippen LogP contribution in [0, 0.1) is 0 Å². The second kappa shape index (κ2) is 8.06. The van der Waals surface area contributed by atoms with E-state index >= 15 is 0 Å². The van der Waals surface area contributed by atoms with Gasteiger partial charge in [-0.2, -0.15) is 5.10 Å². The third-order valence-corrected chi connectivity index (χ3v) is 5.20. The number of fused-ring (bicyclic) bond motifs is 3. The highest BCUT2D eigenvalue weighted by molar-refractivity contribution is 5.79. The van der Waals surface area contributed by atoms with Crippen LogP contribution >= 0.6 is 0 Å². The van der Waals surface area contributed by atoms with Gasteiger partial charge in [0.05, 0.1) is 5.69 Å². The minimum absolute atomic E-state index is 0.0304. The fraction of sp³-hybridized carbons (Fsp3) is 0.273. The Labute approximate surface area is 168 Å². The third-order valence-electron chi connectivity index (χ3n) is 5.20. The van der Waals surface area contributed by atoms with Gasteiger partial charge < -0.3 is 20.3 Å². The van der Waals surface area contributed by atoms with Crippen molar-refractivity contribution in [2.75, 3.05) is 13.2 Å². The number of rotatable bonds is 6. The molecule has 1 aromatic heterocycles. The number of ether oxygens (including phenoxy) is 1. The van der Waals surface area contributed by atoms with Gasteiger partial charge in [-0.1, -0.05) is 48.5 Å². The number of aromatic nitrogens is 2. The summed E-state index contributed by atoms with van der Waals surface area (Å²) in [6.45, 7) is 0.0488. The number of carbonyl (C=O) groups excluding carboxylic acids is 1. The predicted molar refractivity (Wildman–Crippen MR) is 107 cm³/mol. The number of aryl methyl sites for hydroxylation is 1. The molecule has 7 nitrogen and oxygen atoms in total. The maximum absolute atomic E-state index is 12.1. The van der Waals surface area contributed by atoms with Crippen molar-refractivity contribution < 1.29 is 19.7 Å². The Kier molecular flexibility index (Phi) is 5.33. The minimum atomic E-state index is -1.19. The standard InChI is InChI=1S/C22H23N3O4/c1-25-11-10-19(24-25)21(27)20(26)12-23-22(28)29-13-18-16-8-4-2-6-14(16)15-7-3-5-9-17(15)18/h2-11,18,20-21,26-27H,12-13H2,1H3,(H,23,28). The van der Waals surface area contributed by atoms with E-state index in [1.54, 1.807) is 19.3 Å². The van der Waals surface area contributed by atoms with Crippen LogP contribution in [0.1, 0.15) is 28.8 Å². The molecular formula is C22H23N3O4. The Morgan fingerprint density at radius 1 is 1.10 bits per heavy atom. The van der Waals surface area contributed by atoms with Crippen LogP contribution in [0.2, 0.25) is 0 Å². The fourth-order valence-corrected chi connectivity index (χ4v) is 3.74. The third kappa shape index (κ3) is 3.87. The second-order valence-corrected chi connectivity index (χ2v) is 7.13. The minimum Gasteiger partial charge on any atom is -0.449 e. The predicted octanol–water partition coefficient (Wildman–Crippen LogP) is 2.35. The van der Waals surface area contributed by atoms with Crippen molar-refractivity contribution in [3.8, 4) is 11.1 Å². The number of aliphatic hydroxyl groups is 2. The van der Waals surface area contributed by atoms with Crippen molar-refractivity contribution >= 4 is 6.09 Å². The monoisotopic (exact) mass is 393 g/mol. The van der Waals surface area contributed by atoms with Crippen LogP contribution in [0.5, 0.6) is 0 Å². The van der Waals surface area contributed by atoms with Gasteiger partial charge in [-0.05, 0) is 28.3 Å². The molecule has 150 valence electrons. The van der Waals surface area contributed by atoms with E-state index in [0.717, 1.165) is 22.3 Å². The summed E-state index contributed by atoms with van der Waals surface area (Å²) in [6.07, 6.45) is -1.35. The molecular weight excluding hydrogens is 370 g/mol. The van der Waals surface area contributed by atoms with Gasteiger partial charge in [-0.3, -0.25) is 4.68 Å². The zero-order valence-corrected chi connectivity index (χ0v) is 16.0. The highest BCUT2D eigenvalue weighted by Crippen LogP contribution is 2.44. The Bertz CT molecular complexity index is 971. The molecule has 0 saturated carbocycles. The number of hydrogen-bond donors (Lipinski definition) is 3. The van der Waals surface area contributed by atoms with Crippen molar-refractivity contribution in [2.24, 2.45) is 7.05 Å². The van der Waals surface area contributed by atoms with Crippen LogP contribution in [0.25, 0.3) is 11.1 Å². The number of aliphatic hydroxyl groups excluding tert-OH is 2. The SMILES string of the molecule is Cn1ccc(C(O)C(O)CNC(=O)OCC2c3ccccc3-c3ccccc32)n1. The van der Waals surface area contributed by atoms with Crippen molar-refractivity contribution in [1.29, 1.82) is 0 Å². The van der Waals surface area contributed by atoms with Crippen LogP contribution < -0.4 is 5.32 Å². The first-order valence-corrected chi connectivity index (χ1v) is 9.49. The Balaban J connectivity index is 1.34. The topological polar surface area (TPSA) is 96.6 Å². The second-order valence-electron chi connectivity index (χ2n) is 7.13. The van der Waals surface area contributed by atoms with Crippen LogP contribution in [0.15, 0.2) is 60.8 Å². The summed E-state index contributed by atoms with van der Waals surface area (Å²) in [5.41, 5.74) is 4.92. The molecule has 3 aromatic rings. The zero-order chi connectivity index (χ0) is 20.4. The van der Waals surface area contributed by atoms with E-state index in [1.165, 1.54) is 4.68 Å². The van der Waals surface area contributed by atoms with Gasteiger partial charge >= 0.3 is 6.09 Å². The molecule has 4 rings (SSSR count). The summed E-state index contributed by atoms with van der Waals surface area (Å²) in [5, 5.41) is 26.8. The van der Waals surface area contributed by atoms with Gasteiger partial charge in [0.15, 0.2) is 0 Å². The number of alkyl carbamates (subject to hydrolysis) is 1. The van der Waals surface area contributed by atoms with Crippen LogP contribution in [0.3, 0.4) is 0 Å². The summed E-state index contributed by atoms with van der Waals surface area (Å²) < 4.78 is 6.95. The van der Waals surface area contributed by atoms with Gasteiger partial charge in [0.1, 0.15) is 18.8 Å². The first-order valence-electron chi connectivity index (χ1n) is 9.49. The van der Waals surface area contributed by atoms with E-state index in [-0.39, 0.29) is 19.1 Å². The molecule has 2 aromatic carbocycles. The molecule has 0 spiro atoms. The molecule has 1 aliphatic rings. The summed E-state index contributed by atoms with van der Waals surface area (Å²) in [6, 6.07) is 17.8. The molecule has 1 aliphatic carbocycles. The fourth-order valence-electron chi connectivity index (χ4n) is 3.74. The lowest BCUT2D eigenvalue weighted by Crippen LogP contribution is -2.36. The van der Waals surface area contributed by atoms with Crippen molar-refractivity contribution in [3.05, 3.63) is 77.6 Å². The van der Waals surface area contributed by atoms with Crippen LogP contribution in [0.4, 0.5) is 4.79 Å². The molecule has 0 radical (unpaired) electrons. The zero-order valence-electron chi connectivity index (χ0n) is 16.0. The maximum atomic E-state index is 12.1. The van der Waals surface area contributed by atoms with E-state index in [9.17, 15) is 15.0 Å². The van der Waals surface area contributed by atoms with Gasteiger partial charge in [-0.15, -0.1) is 0 Å². The molecule has 1 heterocycles. The quantitative estimate of drug-likeness (QED) is 0.597. The van der Waals surface area contributed by atoms with E-state index in [0.29, 0.717) is 5.69 Å². The number of carbonyl (C=O) groups is 1. The lowest BCUT2D eigenvalue weighted by atomic mass is 9.98. The van der Waals surface area contributed by atoms with E-state index in [2.05, 4.69) is 22.5 Å². The number of amides is 1. The molecule has 7 heteroatoms. The van der Waals surface area contributed by atoms with Gasteiger partial charge in [-0.25, -0.2) is 4.79 Å². The molecule has 0 fully saturated rings. The first kappa shape index (κ1) is 19.2. The van der Waals surface area contributed by atoms with Gasteiger partial charge in [0.2, 0.25) is 0 Å². The summed E-state index contributed by atoms with van der Waals surface area (Å²) >= 11 is 0. The number of nitrogens with zero attached hydrogens (tertiary/aromatic N) is 2. The largest absolute Gasteiger partial charge is 0.449 e. The van der Waals surface area contributed by atoms with Crippen molar-refractivity contribution in [1.82, 2.24) is 15.1 Å². The highest BCUT2D eigenvalue weighted by Gasteiger charge is 2.29. The van der Waals surface area contributed by atoms with Crippen LogP contribution in [-0.2, 0) is 11.8 Å². The average Bonchev–Trinajstić information content (AvgIpc) is 3.31. The Morgan fingerprint density at radius 3 is 2.31 bits per heavy atom. The molecule has 2 unspecified atom stereocenters. The van der Waals surface area contributed by atoms with Gasteiger partial charge in [0, 0.05) is 25.7 Å².